The molecule has 2 amide bonds. The first-order chi connectivity index (χ1) is 11.4. The van der Waals surface area contributed by atoms with Crippen molar-refractivity contribution in [2.45, 2.75) is 57.9 Å². The van der Waals surface area contributed by atoms with Gasteiger partial charge in [-0.25, -0.2) is 0 Å². The highest BCUT2D eigenvalue weighted by atomic mass is 32.1. The Morgan fingerprint density at radius 1 is 1.25 bits per heavy atom. The lowest BCUT2D eigenvalue weighted by Gasteiger charge is -2.11. The molecule has 0 spiro atoms. The van der Waals surface area contributed by atoms with E-state index in [1.165, 1.54) is 16.2 Å². The summed E-state index contributed by atoms with van der Waals surface area (Å²) >= 11 is 1.48. The topological polar surface area (TPSA) is 95.5 Å². The summed E-state index contributed by atoms with van der Waals surface area (Å²) in [5.41, 5.74) is 1.70. The van der Waals surface area contributed by atoms with Crippen molar-refractivity contribution in [3.8, 4) is 0 Å². The summed E-state index contributed by atoms with van der Waals surface area (Å²) in [4.78, 5) is 36.7. The molecule has 7 heteroatoms. The number of carbonyl (C=O) groups is 3. The second-order valence-electron chi connectivity index (χ2n) is 6.76. The Labute approximate surface area is 144 Å². The second-order valence-corrected chi connectivity index (χ2v) is 7.87. The lowest BCUT2D eigenvalue weighted by Crippen LogP contribution is -2.27. The van der Waals surface area contributed by atoms with Crippen LogP contribution < -0.4 is 10.6 Å². The summed E-state index contributed by atoms with van der Waals surface area (Å²) in [5.74, 6) is -1.47. The molecular weight excluding hydrogens is 328 g/mol. The number of rotatable bonds is 7. The first-order valence-corrected chi connectivity index (χ1v) is 9.22. The van der Waals surface area contributed by atoms with Gasteiger partial charge in [0.25, 0.3) is 5.91 Å². The monoisotopic (exact) mass is 350 g/mol. The molecule has 3 rings (SSSR count). The molecule has 24 heavy (non-hydrogen) atoms. The molecule has 2 aliphatic carbocycles. The number of aliphatic carboxylic acids is 1. The van der Waals surface area contributed by atoms with Gasteiger partial charge < -0.3 is 15.7 Å². The number of carboxylic acid groups (broad SMARTS) is 1. The van der Waals surface area contributed by atoms with E-state index in [1.807, 2.05) is 0 Å². The Bertz CT molecular complexity index is 678. The van der Waals surface area contributed by atoms with Crippen LogP contribution in [0.1, 0.15) is 59.8 Å². The van der Waals surface area contributed by atoms with Gasteiger partial charge in [-0.3, -0.25) is 14.4 Å². The van der Waals surface area contributed by atoms with Gasteiger partial charge in [0, 0.05) is 23.8 Å². The molecule has 1 aromatic heterocycles. The number of carbonyl (C=O) groups excluding carboxylic acids is 2. The molecule has 0 unspecified atom stereocenters. The van der Waals surface area contributed by atoms with Gasteiger partial charge in [0.1, 0.15) is 5.00 Å². The van der Waals surface area contributed by atoms with E-state index in [4.69, 9.17) is 5.11 Å². The summed E-state index contributed by atoms with van der Waals surface area (Å²) in [5, 5.41) is 15.3. The van der Waals surface area contributed by atoms with Crippen molar-refractivity contribution in [2.75, 3.05) is 5.32 Å². The third-order valence-corrected chi connectivity index (χ3v) is 5.58. The number of carboxylic acids is 1. The SMILES string of the molecule is C[C@@H](CC(=O)O)CC(=O)Nc1sc2c(c1C(=O)NC1CC1)CCC2. The first kappa shape index (κ1) is 17.0. The number of hydrogen-bond acceptors (Lipinski definition) is 4. The Balaban J connectivity index is 1.71. The summed E-state index contributed by atoms with van der Waals surface area (Å²) < 4.78 is 0. The van der Waals surface area contributed by atoms with E-state index in [-0.39, 0.29) is 36.6 Å². The quantitative estimate of drug-likeness (QED) is 0.704. The Hall–Kier alpha value is -1.89. The third-order valence-electron chi connectivity index (χ3n) is 4.37. The molecule has 3 N–H and O–H groups in total. The Morgan fingerprint density at radius 2 is 2.00 bits per heavy atom. The van der Waals surface area contributed by atoms with Crippen LogP contribution in [0.5, 0.6) is 0 Å². The molecule has 1 saturated carbocycles. The molecule has 130 valence electrons. The van der Waals surface area contributed by atoms with Gasteiger partial charge in [-0.05, 0) is 43.6 Å². The van der Waals surface area contributed by atoms with Crippen molar-refractivity contribution in [1.29, 1.82) is 0 Å². The molecule has 1 atom stereocenters. The van der Waals surface area contributed by atoms with Crippen LogP contribution in [-0.4, -0.2) is 28.9 Å². The Morgan fingerprint density at radius 3 is 2.67 bits per heavy atom. The van der Waals surface area contributed by atoms with Crippen molar-refractivity contribution >= 4 is 34.1 Å². The largest absolute Gasteiger partial charge is 0.481 e. The van der Waals surface area contributed by atoms with E-state index >= 15 is 0 Å². The molecule has 6 nitrogen and oxygen atoms in total. The van der Waals surface area contributed by atoms with E-state index in [9.17, 15) is 14.4 Å². The third kappa shape index (κ3) is 3.95. The minimum atomic E-state index is -0.907. The molecule has 1 fully saturated rings. The van der Waals surface area contributed by atoms with E-state index in [1.54, 1.807) is 6.92 Å². The molecule has 0 aliphatic heterocycles. The fraction of sp³-hybridized carbons (Fsp3) is 0.588. The molecule has 2 aliphatic rings. The van der Waals surface area contributed by atoms with E-state index in [2.05, 4.69) is 10.6 Å². The van der Waals surface area contributed by atoms with Gasteiger partial charge in [0.2, 0.25) is 5.91 Å². The molecule has 0 saturated heterocycles. The van der Waals surface area contributed by atoms with Crippen molar-refractivity contribution in [1.82, 2.24) is 5.32 Å². The van der Waals surface area contributed by atoms with Crippen LogP contribution in [0.25, 0.3) is 0 Å². The van der Waals surface area contributed by atoms with E-state index < -0.39 is 5.97 Å². The molecule has 0 radical (unpaired) electrons. The second kappa shape index (κ2) is 6.93. The number of nitrogens with one attached hydrogen (secondary N) is 2. The summed E-state index contributed by atoms with van der Waals surface area (Å²) in [7, 11) is 0. The zero-order valence-corrected chi connectivity index (χ0v) is 14.5. The van der Waals surface area contributed by atoms with Crippen molar-refractivity contribution in [3.63, 3.8) is 0 Å². The van der Waals surface area contributed by atoms with Crippen LogP contribution in [0.3, 0.4) is 0 Å². The fourth-order valence-electron chi connectivity index (χ4n) is 3.08. The van der Waals surface area contributed by atoms with Gasteiger partial charge in [-0.1, -0.05) is 6.92 Å². The van der Waals surface area contributed by atoms with Crippen molar-refractivity contribution < 1.29 is 19.5 Å². The van der Waals surface area contributed by atoms with Crippen LogP contribution in [0.15, 0.2) is 0 Å². The zero-order chi connectivity index (χ0) is 17.3. The maximum absolute atomic E-state index is 12.6. The highest BCUT2D eigenvalue weighted by Gasteiger charge is 2.31. The molecule has 0 aromatic carbocycles. The van der Waals surface area contributed by atoms with Gasteiger partial charge in [0.05, 0.1) is 5.56 Å². The van der Waals surface area contributed by atoms with Gasteiger partial charge in [-0.2, -0.15) is 0 Å². The minimum absolute atomic E-state index is 0.0383. The van der Waals surface area contributed by atoms with Gasteiger partial charge in [0.15, 0.2) is 0 Å². The smallest absolute Gasteiger partial charge is 0.303 e. The number of anilines is 1. The van der Waals surface area contributed by atoms with Crippen LogP contribution >= 0.6 is 11.3 Å². The highest BCUT2D eigenvalue weighted by molar-refractivity contribution is 7.17. The average Bonchev–Trinajstić information content (AvgIpc) is 3.04. The Kier molecular flexibility index (Phi) is 4.89. The average molecular weight is 350 g/mol. The van der Waals surface area contributed by atoms with Crippen LogP contribution in [0.2, 0.25) is 0 Å². The van der Waals surface area contributed by atoms with E-state index in [0.29, 0.717) is 10.6 Å². The zero-order valence-electron chi connectivity index (χ0n) is 13.7. The number of thiophene rings is 1. The number of hydrogen-bond donors (Lipinski definition) is 3. The van der Waals surface area contributed by atoms with Crippen molar-refractivity contribution in [2.24, 2.45) is 5.92 Å². The molecular formula is C17H22N2O4S. The normalized spacial score (nSPS) is 17.2. The van der Waals surface area contributed by atoms with Gasteiger partial charge in [-0.15, -0.1) is 11.3 Å². The minimum Gasteiger partial charge on any atom is -0.481 e. The highest BCUT2D eigenvalue weighted by Crippen LogP contribution is 2.39. The van der Waals surface area contributed by atoms with Crippen LogP contribution in [0.4, 0.5) is 5.00 Å². The first-order valence-electron chi connectivity index (χ1n) is 8.41. The van der Waals surface area contributed by atoms with Crippen LogP contribution in [-0.2, 0) is 22.4 Å². The summed E-state index contributed by atoms with van der Waals surface area (Å²) in [6, 6.07) is 0.272. The van der Waals surface area contributed by atoms with Crippen LogP contribution in [0, 0.1) is 5.92 Å². The molecule has 1 aromatic rings. The van der Waals surface area contributed by atoms with Crippen molar-refractivity contribution in [3.05, 3.63) is 16.0 Å². The van der Waals surface area contributed by atoms with Gasteiger partial charge >= 0.3 is 5.97 Å². The molecule has 0 bridgehead atoms. The lowest BCUT2D eigenvalue weighted by atomic mass is 10.0. The maximum Gasteiger partial charge on any atom is 0.303 e. The lowest BCUT2D eigenvalue weighted by molar-refractivity contribution is -0.138. The standard InChI is InChI=1S/C17H22N2O4S/c1-9(8-14(21)22)7-13(20)19-17-15(16(23)18-10-5-6-10)11-3-2-4-12(11)24-17/h9-10H,2-8H2,1H3,(H,18,23)(H,19,20)(H,21,22)/t9-/m1/s1. The fourth-order valence-corrected chi connectivity index (χ4v) is 4.39. The number of aryl methyl sites for hydroxylation is 1. The number of amides is 2. The summed E-state index contributed by atoms with van der Waals surface area (Å²) in [6.45, 7) is 1.74. The predicted molar refractivity (Wildman–Crippen MR) is 91.5 cm³/mol. The molecule has 1 heterocycles. The summed E-state index contributed by atoms with van der Waals surface area (Å²) in [6.07, 6.45) is 5.02. The maximum atomic E-state index is 12.6. The number of fused-ring (bicyclic) bond motifs is 1. The van der Waals surface area contributed by atoms with E-state index in [0.717, 1.165) is 37.7 Å². The predicted octanol–water partition coefficient (Wildman–Crippen LogP) is 2.57.